The molecule has 144 valence electrons. The molecule has 0 spiro atoms. The Bertz CT molecular complexity index is 1090. The van der Waals surface area contributed by atoms with Crippen LogP contribution in [-0.2, 0) is 6.54 Å². The number of nitrogens with zero attached hydrogens (tertiary/aromatic N) is 4. The summed E-state index contributed by atoms with van der Waals surface area (Å²) in [6, 6.07) is 21.3. The lowest BCUT2D eigenvalue weighted by Gasteiger charge is -2.31. The maximum absolute atomic E-state index is 4.90. The summed E-state index contributed by atoms with van der Waals surface area (Å²) < 4.78 is 0. The van der Waals surface area contributed by atoms with E-state index >= 15 is 0 Å². The molecule has 4 nitrogen and oxygen atoms in total. The topological polar surface area (TPSA) is 41.9 Å². The lowest BCUT2D eigenvalue weighted by atomic mass is 9.92. The van der Waals surface area contributed by atoms with Gasteiger partial charge >= 0.3 is 0 Å². The van der Waals surface area contributed by atoms with Gasteiger partial charge in [0.1, 0.15) is 0 Å². The summed E-state index contributed by atoms with van der Waals surface area (Å²) in [6.07, 6.45) is 7.84. The van der Waals surface area contributed by atoms with Gasteiger partial charge in [0, 0.05) is 47.7 Å². The predicted octanol–water partition coefficient (Wildman–Crippen LogP) is 5.07. The lowest BCUT2D eigenvalue weighted by Crippen LogP contribution is -2.32. The van der Waals surface area contributed by atoms with Crippen LogP contribution in [0.3, 0.4) is 0 Å². The number of aromatic nitrogens is 3. The lowest BCUT2D eigenvalue weighted by molar-refractivity contribution is 0.203. The monoisotopic (exact) mass is 380 g/mol. The molecule has 4 aromatic rings. The summed E-state index contributed by atoms with van der Waals surface area (Å²) in [5.74, 6) is 0.521. The molecule has 0 amide bonds. The Kier molecular flexibility index (Phi) is 5.01. The van der Waals surface area contributed by atoms with Crippen molar-refractivity contribution in [2.75, 3.05) is 13.1 Å². The third kappa shape index (κ3) is 4.03. The van der Waals surface area contributed by atoms with E-state index in [2.05, 4.69) is 63.4 Å². The zero-order chi connectivity index (χ0) is 19.5. The molecule has 4 heterocycles. The quantitative estimate of drug-likeness (QED) is 0.496. The van der Waals surface area contributed by atoms with Crippen LogP contribution in [-0.4, -0.2) is 32.9 Å². The van der Waals surface area contributed by atoms with E-state index in [0.29, 0.717) is 5.92 Å². The zero-order valence-electron chi connectivity index (χ0n) is 16.4. The molecular formula is C25H24N4. The van der Waals surface area contributed by atoms with Crippen molar-refractivity contribution >= 4 is 11.0 Å². The van der Waals surface area contributed by atoms with E-state index in [-0.39, 0.29) is 0 Å². The molecule has 4 heteroatoms. The van der Waals surface area contributed by atoms with E-state index in [1.807, 2.05) is 30.7 Å². The van der Waals surface area contributed by atoms with Gasteiger partial charge in [0.15, 0.2) is 5.65 Å². The Morgan fingerprint density at radius 1 is 0.862 bits per heavy atom. The third-order valence-electron chi connectivity index (χ3n) is 5.83. The maximum atomic E-state index is 4.90. The van der Waals surface area contributed by atoms with Gasteiger partial charge in [0.25, 0.3) is 0 Å². The number of rotatable bonds is 4. The maximum Gasteiger partial charge on any atom is 0.159 e. The number of likely N-dealkylation sites (tertiary alicyclic amines) is 1. The van der Waals surface area contributed by atoms with Crippen molar-refractivity contribution in [3.63, 3.8) is 0 Å². The van der Waals surface area contributed by atoms with Crippen molar-refractivity contribution in [2.45, 2.75) is 25.3 Å². The predicted molar refractivity (Wildman–Crippen MR) is 116 cm³/mol. The number of pyridine rings is 3. The van der Waals surface area contributed by atoms with Crippen molar-refractivity contribution in [3.05, 3.63) is 90.5 Å². The highest BCUT2D eigenvalue weighted by Crippen LogP contribution is 2.29. The summed E-state index contributed by atoms with van der Waals surface area (Å²) in [5.41, 5.74) is 5.64. The Labute approximate surface area is 171 Å². The summed E-state index contributed by atoms with van der Waals surface area (Å²) in [7, 11) is 0. The van der Waals surface area contributed by atoms with Crippen LogP contribution in [0.5, 0.6) is 0 Å². The minimum absolute atomic E-state index is 0.521. The molecule has 1 aliphatic rings. The molecule has 1 fully saturated rings. The average molecular weight is 380 g/mol. The van der Waals surface area contributed by atoms with Crippen molar-refractivity contribution < 1.29 is 0 Å². The van der Waals surface area contributed by atoms with Crippen LogP contribution in [0, 0.1) is 0 Å². The van der Waals surface area contributed by atoms with Gasteiger partial charge in [-0.15, -0.1) is 0 Å². The third-order valence-corrected chi connectivity index (χ3v) is 5.83. The van der Waals surface area contributed by atoms with E-state index in [1.54, 1.807) is 0 Å². The van der Waals surface area contributed by atoms with E-state index < -0.39 is 0 Å². The molecule has 0 N–H and O–H groups in total. The molecule has 3 aromatic heterocycles. The highest BCUT2D eigenvalue weighted by Gasteiger charge is 2.22. The fraction of sp³-hybridized carbons (Fsp3) is 0.240. The summed E-state index contributed by atoms with van der Waals surface area (Å²) >= 11 is 0. The number of hydrogen-bond donors (Lipinski definition) is 0. The summed E-state index contributed by atoms with van der Waals surface area (Å²) in [5, 5.41) is 1.09. The summed E-state index contributed by atoms with van der Waals surface area (Å²) in [4.78, 5) is 16.2. The molecule has 0 saturated carbocycles. The first-order valence-corrected chi connectivity index (χ1v) is 10.3. The molecule has 0 aliphatic carbocycles. The first kappa shape index (κ1) is 18.0. The van der Waals surface area contributed by atoms with Crippen LogP contribution in [0.4, 0.5) is 0 Å². The van der Waals surface area contributed by atoms with Crippen LogP contribution >= 0.6 is 0 Å². The molecule has 0 bridgehead atoms. The number of piperidine rings is 1. The average Bonchev–Trinajstić information content (AvgIpc) is 2.80. The fourth-order valence-corrected chi connectivity index (χ4v) is 4.18. The highest BCUT2D eigenvalue weighted by molar-refractivity contribution is 5.80. The van der Waals surface area contributed by atoms with Crippen molar-refractivity contribution in [2.24, 2.45) is 0 Å². The van der Waals surface area contributed by atoms with Gasteiger partial charge in [0.2, 0.25) is 0 Å². The molecule has 5 rings (SSSR count). The van der Waals surface area contributed by atoms with Gasteiger partial charge in [-0.2, -0.15) is 0 Å². The number of hydrogen-bond acceptors (Lipinski definition) is 4. The molecular weight excluding hydrogens is 356 g/mol. The molecule has 0 atom stereocenters. The van der Waals surface area contributed by atoms with Gasteiger partial charge in [-0.3, -0.25) is 9.88 Å². The molecule has 0 unspecified atom stereocenters. The van der Waals surface area contributed by atoms with Crippen LogP contribution in [0.25, 0.3) is 22.2 Å². The van der Waals surface area contributed by atoms with Crippen LogP contribution in [0.1, 0.15) is 30.0 Å². The normalized spacial score (nSPS) is 15.6. The highest BCUT2D eigenvalue weighted by atomic mass is 15.1. The first-order valence-electron chi connectivity index (χ1n) is 10.3. The minimum Gasteiger partial charge on any atom is -0.299 e. The molecule has 1 aromatic carbocycles. The van der Waals surface area contributed by atoms with E-state index in [0.717, 1.165) is 54.6 Å². The molecule has 0 radical (unpaired) electrons. The second-order valence-corrected chi connectivity index (χ2v) is 7.78. The van der Waals surface area contributed by atoms with Crippen LogP contribution < -0.4 is 0 Å². The van der Waals surface area contributed by atoms with Gasteiger partial charge in [-0.25, -0.2) is 9.97 Å². The van der Waals surface area contributed by atoms with E-state index in [4.69, 9.17) is 4.98 Å². The molecule has 1 aliphatic heterocycles. The van der Waals surface area contributed by atoms with Crippen LogP contribution in [0.2, 0.25) is 0 Å². The minimum atomic E-state index is 0.521. The second kappa shape index (κ2) is 8.10. The van der Waals surface area contributed by atoms with Gasteiger partial charge in [-0.05, 0) is 67.4 Å². The Morgan fingerprint density at radius 2 is 1.66 bits per heavy atom. The summed E-state index contributed by atoms with van der Waals surface area (Å²) in [6.45, 7) is 3.28. The van der Waals surface area contributed by atoms with Crippen molar-refractivity contribution in [3.8, 4) is 11.1 Å². The Morgan fingerprint density at radius 3 is 2.45 bits per heavy atom. The molecule has 29 heavy (non-hydrogen) atoms. The zero-order valence-corrected chi connectivity index (χ0v) is 16.4. The van der Waals surface area contributed by atoms with E-state index in [1.165, 1.54) is 11.3 Å². The molecule has 1 saturated heterocycles. The Hall–Kier alpha value is -3.11. The Balaban J connectivity index is 1.29. The van der Waals surface area contributed by atoms with Gasteiger partial charge < -0.3 is 0 Å². The fourth-order valence-electron chi connectivity index (χ4n) is 4.18. The van der Waals surface area contributed by atoms with Crippen LogP contribution in [0.15, 0.2) is 79.3 Å². The van der Waals surface area contributed by atoms with Crippen molar-refractivity contribution in [1.82, 2.24) is 19.9 Å². The number of fused-ring (bicyclic) bond motifs is 1. The van der Waals surface area contributed by atoms with Crippen molar-refractivity contribution in [1.29, 1.82) is 0 Å². The largest absolute Gasteiger partial charge is 0.299 e. The SMILES string of the molecule is c1ccc(CN2CCC(c3ccc4cc(-c5ccncc5)cnc4n3)CC2)cc1. The first-order chi connectivity index (χ1) is 14.3. The smallest absolute Gasteiger partial charge is 0.159 e. The number of benzene rings is 1. The van der Waals surface area contributed by atoms with Gasteiger partial charge in [0.05, 0.1) is 0 Å². The van der Waals surface area contributed by atoms with Gasteiger partial charge in [-0.1, -0.05) is 30.3 Å². The van der Waals surface area contributed by atoms with E-state index in [9.17, 15) is 0 Å². The standard InChI is InChI=1S/C25H24N4/c1-2-4-19(5-3-1)18-29-14-10-21(11-15-29)24-7-6-22-16-23(17-27-25(22)28-24)20-8-12-26-13-9-20/h1-9,12-13,16-17,21H,10-11,14-15,18H2. The second-order valence-electron chi connectivity index (χ2n) is 7.78.